The summed E-state index contributed by atoms with van der Waals surface area (Å²) in [5.74, 6) is 1.24. The van der Waals surface area contributed by atoms with Gasteiger partial charge in [-0.25, -0.2) is 0 Å². The fourth-order valence-electron chi connectivity index (χ4n) is 2.82. The second-order valence-corrected chi connectivity index (χ2v) is 6.57. The van der Waals surface area contributed by atoms with Crippen LogP contribution in [0.4, 0.5) is 0 Å². The highest BCUT2D eigenvalue weighted by Gasteiger charge is 2.22. The van der Waals surface area contributed by atoms with E-state index in [4.69, 9.17) is 32.7 Å². The molecular weight excluding hydrogens is 373 g/mol. The zero-order chi connectivity index (χ0) is 18.7. The Labute approximate surface area is 162 Å². The van der Waals surface area contributed by atoms with E-state index in [1.165, 1.54) is 6.20 Å². The van der Waals surface area contributed by atoms with Gasteiger partial charge in [-0.15, -0.1) is 0 Å². The minimum Gasteiger partial charge on any atom is -0.618 e. The van der Waals surface area contributed by atoms with Gasteiger partial charge in [0.1, 0.15) is 0 Å². The second-order valence-electron chi connectivity index (χ2n) is 5.75. The van der Waals surface area contributed by atoms with Crippen molar-refractivity contribution in [1.29, 1.82) is 0 Å². The zero-order valence-electron chi connectivity index (χ0n) is 14.6. The van der Waals surface area contributed by atoms with Crippen LogP contribution < -0.4 is 14.2 Å². The molecule has 0 saturated heterocycles. The maximum absolute atomic E-state index is 12.6. The number of fused-ring (bicyclic) bond motifs is 1. The minimum absolute atomic E-state index is 0.391. The second kappa shape index (κ2) is 8.02. The highest BCUT2D eigenvalue weighted by molar-refractivity contribution is 6.39. The molecule has 1 aromatic heterocycles. The number of pyridine rings is 1. The molecule has 6 heteroatoms. The molecule has 0 radical (unpaired) electrons. The van der Waals surface area contributed by atoms with Crippen LogP contribution in [0.3, 0.4) is 0 Å². The van der Waals surface area contributed by atoms with Crippen molar-refractivity contribution in [3.63, 3.8) is 0 Å². The van der Waals surface area contributed by atoms with Crippen LogP contribution in [0.2, 0.25) is 10.0 Å². The fraction of sp³-hybridized carbons (Fsp3) is 0.250. The van der Waals surface area contributed by atoms with Gasteiger partial charge in [-0.05, 0) is 43.0 Å². The van der Waals surface area contributed by atoms with Crippen molar-refractivity contribution in [2.45, 2.75) is 20.3 Å². The van der Waals surface area contributed by atoms with Gasteiger partial charge in [0.25, 0.3) is 0 Å². The first kappa shape index (κ1) is 18.6. The summed E-state index contributed by atoms with van der Waals surface area (Å²) in [4.78, 5) is 0. The normalized spacial score (nSPS) is 10.9. The lowest BCUT2D eigenvalue weighted by molar-refractivity contribution is -0.592. The van der Waals surface area contributed by atoms with Crippen LogP contribution in [0.25, 0.3) is 22.0 Å². The standard InChI is InChI=1S/C20H19Cl2NO3/c1-3-10-26-18-12-14-13(11-17(18)25-4-2)8-9-23(24)20(14)19-15(21)6-5-7-16(19)22/h5-9,11-12H,3-4,10H2,1-2H3. The van der Waals surface area contributed by atoms with E-state index in [1.807, 2.05) is 26.0 Å². The number of hydrogen-bond acceptors (Lipinski definition) is 3. The Morgan fingerprint density at radius 2 is 1.69 bits per heavy atom. The van der Waals surface area contributed by atoms with E-state index in [9.17, 15) is 5.21 Å². The van der Waals surface area contributed by atoms with E-state index in [-0.39, 0.29) is 0 Å². The molecule has 0 aliphatic heterocycles. The van der Waals surface area contributed by atoms with Crippen LogP contribution in [0.1, 0.15) is 20.3 Å². The average Bonchev–Trinajstić information content (AvgIpc) is 2.62. The lowest BCUT2D eigenvalue weighted by atomic mass is 10.0. The molecular formula is C20H19Cl2NO3. The minimum atomic E-state index is 0.391. The summed E-state index contributed by atoms with van der Waals surface area (Å²) >= 11 is 12.7. The van der Waals surface area contributed by atoms with Crippen LogP contribution in [0.15, 0.2) is 42.6 Å². The van der Waals surface area contributed by atoms with Gasteiger partial charge in [-0.3, -0.25) is 0 Å². The Bertz CT molecular complexity index is 924. The summed E-state index contributed by atoms with van der Waals surface area (Å²) in [6.45, 7) is 5.02. The summed E-state index contributed by atoms with van der Waals surface area (Å²) in [6.07, 6.45) is 2.31. The molecule has 0 N–H and O–H groups in total. The highest BCUT2D eigenvalue weighted by atomic mass is 35.5. The number of benzene rings is 2. The third kappa shape index (κ3) is 3.53. The van der Waals surface area contributed by atoms with E-state index in [1.54, 1.807) is 24.3 Å². The van der Waals surface area contributed by atoms with Gasteiger partial charge < -0.3 is 14.7 Å². The molecule has 0 bridgehead atoms. The largest absolute Gasteiger partial charge is 0.618 e. The average molecular weight is 392 g/mol. The summed E-state index contributed by atoms with van der Waals surface area (Å²) in [7, 11) is 0. The first-order valence-electron chi connectivity index (χ1n) is 8.46. The quantitative estimate of drug-likeness (QED) is 0.403. The number of ether oxygens (including phenoxy) is 2. The molecule has 1 heterocycles. The summed E-state index contributed by atoms with van der Waals surface area (Å²) in [5.41, 5.74) is 0.893. The lowest BCUT2D eigenvalue weighted by Crippen LogP contribution is -2.28. The Hall–Kier alpha value is -2.17. The molecule has 26 heavy (non-hydrogen) atoms. The molecule has 2 aromatic carbocycles. The molecule has 0 atom stereocenters. The molecule has 0 aliphatic rings. The molecule has 0 fully saturated rings. The monoisotopic (exact) mass is 391 g/mol. The predicted molar refractivity (Wildman–Crippen MR) is 105 cm³/mol. The summed E-state index contributed by atoms with van der Waals surface area (Å²) in [5, 5.41) is 15.0. The fourth-order valence-corrected chi connectivity index (χ4v) is 3.40. The van der Waals surface area contributed by atoms with Gasteiger partial charge in [-0.2, -0.15) is 4.73 Å². The molecule has 0 spiro atoms. The molecule has 3 aromatic rings. The van der Waals surface area contributed by atoms with Crippen LogP contribution in [0, 0.1) is 5.21 Å². The molecule has 0 amide bonds. The van der Waals surface area contributed by atoms with Gasteiger partial charge in [0, 0.05) is 6.07 Å². The Morgan fingerprint density at radius 3 is 2.35 bits per heavy atom. The number of halogens is 2. The van der Waals surface area contributed by atoms with Gasteiger partial charge in [0.15, 0.2) is 17.7 Å². The Balaban J connectivity index is 2.30. The Kier molecular flexibility index (Phi) is 5.74. The van der Waals surface area contributed by atoms with E-state index >= 15 is 0 Å². The van der Waals surface area contributed by atoms with Gasteiger partial charge in [0.05, 0.1) is 34.2 Å². The van der Waals surface area contributed by atoms with Crippen molar-refractivity contribution in [3.8, 4) is 22.8 Å². The highest BCUT2D eigenvalue weighted by Crippen LogP contribution is 2.40. The van der Waals surface area contributed by atoms with E-state index in [2.05, 4.69) is 0 Å². The lowest BCUT2D eigenvalue weighted by Gasteiger charge is -2.15. The van der Waals surface area contributed by atoms with Gasteiger partial charge in [-0.1, -0.05) is 36.2 Å². The Morgan fingerprint density at radius 1 is 1.00 bits per heavy atom. The maximum atomic E-state index is 12.6. The molecule has 0 unspecified atom stereocenters. The van der Waals surface area contributed by atoms with E-state index < -0.39 is 0 Å². The number of rotatable bonds is 6. The first-order chi connectivity index (χ1) is 12.6. The van der Waals surface area contributed by atoms with Crippen molar-refractivity contribution in [1.82, 2.24) is 0 Å². The van der Waals surface area contributed by atoms with Gasteiger partial charge >= 0.3 is 0 Å². The number of nitrogens with zero attached hydrogens (tertiary/aromatic N) is 1. The topological polar surface area (TPSA) is 45.4 Å². The van der Waals surface area contributed by atoms with Crippen molar-refractivity contribution in [3.05, 3.63) is 57.8 Å². The van der Waals surface area contributed by atoms with Crippen LogP contribution in [-0.4, -0.2) is 13.2 Å². The molecule has 4 nitrogen and oxygen atoms in total. The smallest absolute Gasteiger partial charge is 0.234 e. The number of aromatic nitrogens is 1. The molecule has 136 valence electrons. The van der Waals surface area contributed by atoms with E-state index in [0.717, 1.165) is 16.5 Å². The van der Waals surface area contributed by atoms with Crippen LogP contribution in [-0.2, 0) is 0 Å². The zero-order valence-corrected chi connectivity index (χ0v) is 16.1. The SMILES string of the molecule is CCCOc1cc2c(-c3c(Cl)cccc3Cl)[n+]([O-])ccc2cc1OCC. The summed E-state index contributed by atoms with van der Waals surface area (Å²) in [6, 6.07) is 10.6. The maximum Gasteiger partial charge on any atom is 0.234 e. The number of hydrogen-bond donors (Lipinski definition) is 0. The predicted octanol–water partition coefficient (Wildman–Crippen LogP) is 5.63. The van der Waals surface area contributed by atoms with E-state index in [0.29, 0.717) is 51.4 Å². The van der Waals surface area contributed by atoms with Crippen LogP contribution >= 0.6 is 23.2 Å². The van der Waals surface area contributed by atoms with Crippen molar-refractivity contribution in [2.75, 3.05) is 13.2 Å². The van der Waals surface area contributed by atoms with Gasteiger partial charge in [0.2, 0.25) is 5.69 Å². The van der Waals surface area contributed by atoms with Crippen molar-refractivity contribution in [2.24, 2.45) is 0 Å². The van der Waals surface area contributed by atoms with Crippen molar-refractivity contribution >= 4 is 34.0 Å². The first-order valence-corrected chi connectivity index (χ1v) is 9.22. The van der Waals surface area contributed by atoms with Crippen LogP contribution in [0.5, 0.6) is 11.5 Å². The third-order valence-electron chi connectivity index (χ3n) is 3.94. The summed E-state index contributed by atoms with van der Waals surface area (Å²) < 4.78 is 12.3. The molecule has 0 aliphatic carbocycles. The molecule has 0 saturated carbocycles. The third-order valence-corrected chi connectivity index (χ3v) is 4.57. The van der Waals surface area contributed by atoms with Crippen molar-refractivity contribution < 1.29 is 14.2 Å². The molecule has 3 rings (SSSR count).